The number of rotatable bonds is 13. The summed E-state index contributed by atoms with van der Waals surface area (Å²) >= 11 is 0. The van der Waals surface area contributed by atoms with Gasteiger partial charge < -0.3 is 10.2 Å². The molecule has 9 heteroatoms. The van der Waals surface area contributed by atoms with Gasteiger partial charge in [0.05, 0.1) is 10.6 Å². The fraction of sp³-hybridized carbons (Fsp3) is 0.257. The van der Waals surface area contributed by atoms with Crippen LogP contribution < -0.4 is 9.62 Å². The summed E-state index contributed by atoms with van der Waals surface area (Å²) in [6, 6.07) is 27.4. The van der Waals surface area contributed by atoms with E-state index in [1.54, 1.807) is 42.5 Å². The minimum atomic E-state index is -4.18. The Morgan fingerprint density at radius 1 is 0.818 bits per heavy atom. The van der Waals surface area contributed by atoms with Crippen LogP contribution in [0.2, 0.25) is 0 Å². The first-order valence-electron chi connectivity index (χ1n) is 14.6. The van der Waals surface area contributed by atoms with Gasteiger partial charge in [0.2, 0.25) is 11.8 Å². The molecule has 1 atom stereocenters. The zero-order valence-electron chi connectivity index (χ0n) is 25.2. The van der Waals surface area contributed by atoms with Crippen LogP contribution in [0.15, 0.2) is 108 Å². The molecule has 4 rings (SSSR count). The highest BCUT2D eigenvalue weighted by atomic mass is 32.2. The number of amides is 2. The summed E-state index contributed by atoms with van der Waals surface area (Å²) in [6.07, 6.45) is 0.907. The molecule has 0 unspecified atom stereocenters. The monoisotopic (exact) mass is 615 g/mol. The molecule has 0 saturated heterocycles. The second-order valence-corrected chi connectivity index (χ2v) is 12.7. The van der Waals surface area contributed by atoms with E-state index in [1.807, 2.05) is 57.2 Å². The zero-order chi connectivity index (χ0) is 31.7. The average Bonchev–Trinajstić information content (AvgIpc) is 3.01. The van der Waals surface area contributed by atoms with Crippen LogP contribution in [0, 0.1) is 19.7 Å². The molecule has 230 valence electrons. The van der Waals surface area contributed by atoms with Gasteiger partial charge in [-0.3, -0.25) is 13.9 Å². The number of sulfonamides is 1. The summed E-state index contributed by atoms with van der Waals surface area (Å²) in [4.78, 5) is 29.5. The molecule has 0 aliphatic carbocycles. The second kappa shape index (κ2) is 14.8. The van der Waals surface area contributed by atoms with E-state index in [9.17, 15) is 22.4 Å². The third kappa shape index (κ3) is 8.32. The molecule has 0 heterocycles. The standard InChI is InChI=1S/C35H38FN3O4S/c1-4-19-37-35(41)33(23-28-11-7-5-8-12-28)38(24-29-15-17-30(36)18-16-29)34(40)25-39(31-21-26(2)20-27(3)22-31)44(42,43)32-13-9-6-10-14-32/h5-18,20-22,33H,4,19,23-25H2,1-3H3,(H,37,41)/t33-/m1/s1. The maximum Gasteiger partial charge on any atom is 0.264 e. The van der Waals surface area contributed by atoms with Crippen molar-refractivity contribution < 1.29 is 22.4 Å². The van der Waals surface area contributed by atoms with Crippen molar-refractivity contribution in [2.45, 2.75) is 51.1 Å². The number of aryl methyl sites for hydroxylation is 2. The normalized spacial score (nSPS) is 11.9. The summed E-state index contributed by atoms with van der Waals surface area (Å²) in [6.45, 7) is 5.50. The summed E-state index contributed by atoms with van der Waals surface area (Å²) in [7, 11) is -4.18. The van der Waals surface area contributed by atoms with Crippen LogP contribution in [-0.4, -0.2) is 44.3 Å². The average molecular weight is 616 g/mol. The van der Waals surface area contributed by atoms with Crippen LogP contribution in [0.5, 0.6) is 0 Å². The number of carbonyl (C=O) groups is 2. The summed E-state index contributed by atoms with van der Waals surface area (Å²) < 4.78 is 43.1. The van der Waals surface area contributed by atoms with Gasteiger partial charge in [0.25, 0.3) is 10.0 Å². The Hall–Kier alpha value is -4.50. The van der Waals surface area contributed by atoms with Gasteiger partial charge in [-0.05, 0) is 78.9 Å². The minimum Gasteiger partial charge on any atom is -0.354 e. The number of nitrogens with zero attached hydrogens (tertiary/aromatic N) is 2. The Morgan fingerprint density at radius 3 is 2.00 bits per heavy atom. The first-order chi connectivity index (χ1) is 21.1. The molecule has 2 amide bonds. The van der Waals surface area contributed by atoms with Crippen molar-refractivity contribution in [3.8, 4) is 0 Å². The molecule has 0 aliphatic heterocycles. The molecule has 1 N–H and O–H groups in total. The molecular weight excluding hydrogens is 577 g/mol. The molecule has 44 heavy (non-hydrogen) atoms. The van der Waals surface area contributed by atoms with E-state index < -0.39 is 34.3 Å². The van der Waals surface area contributed by atoms with E-state index in [1.165, 1.54) is 29.2 Å². The third-order valence-electron chi connectivity index (χ3n) is 7.19. The van der Waals surface area contributed by atoms with Crippen LogP contribution >= 0.6 is 0 Å². The van der Waals surface area contributed by atoms with Crippen molar-refractivity contribution in [1.82, 2.24) is 10.2 Å². The van der Waals surface area contributed by atoms with Gasteiger partial charge in [-0.15, -0.1) is 0 Å². The van der Waals surface area contributed by atoms with Crippen molar-refractivity contribution >= 4 is 27.5 Å². The summed E-state index contributed by atoms with van der Waals surface area (Å²) in [5.41, 5.74) is 3.46. The van der Waals surface area contributed by atoms with E-state index in [0.29, 0.717) is 24.2 Å². The highest BCUT2D eigenvalue weighted by Crippen LogP contribution is 2.27. The SMILES string of the molecule is CCCNC(=O)[C@@H](Cc1ccccc1)N(Cc1ccc(F)cc1)C(=O)CN(c1cc(C)cc(C)c1)S(=O)(=O)c1ccccc1. The predicted molar refractivity (Wildman–Crippen MR) is 171 cm³/mol. The number of nitrogens with one attached hydrogen (secondary N) is 1. The van der Waals surface area contributed by atoms with Crippen molar-refractivity contribution in [3.63, 3.8) is 0 Å². The topological polar surface area (TPSA) is 86.8 Å². The lowest BCUT2D eigenvalue weighted by Crippen LogP contribution is -2.53. The van der Waals surface area contributed by atoms with Crippen molar-refractivity contribution in [2.24, 2.45) is 0 Å². The Kier molecular flexibility index (Phi) is 10.9. The minimum absolute atomic E-state index is 0.0256. The Bertz CT molecular complexity index is 1640. The summed E-state index contributed by atoms with van der Waals surface area (Å²) in [5, 5.41) is 2.91. The first kappa shape index (κ1) is 32.4. The Morgan fingerprint density at radius 2 is 1.41 bits per heavy atom. The van der Waals surface area contributed by atoms with Crippen LogP contribution in [0.25, 0.3) is 0 Å². The fourth-order valence-electron chi connectivity index (χ4n) is 5.05. The third-order valence-corrected chi connectivity index (χ3v) is 8.98. The lowest BCUT2D eigenvalue weighted by molar-refractivity contribution is -0.140. The number of carbonyl (C=O) groups excluding carboxylic acids is 2. The van der Waals surface area contributed by atoms with Gasteiger partial charge >= 0.3 is 0 Å². The van der Waals surface area contributed by atoms with Crippen LogP contribution in [0.1, 0.15) is 35.6 Å². The lowest BCUT2D eigenvalue weighted by atomic mass is 10.0. The van der Waals surface area contributed by atoms with Gasteiger partial charge in [0.1, 0.15) is 18.4 Å². The second-order valence-electron chi connectivity index (χ2n) is 10.8. The number of anilines is 1. The first-order valence-corrected chi connectivity index (χ1v) is 16.0. The molecule has 0 aromatic heterocycles. The van der Waals surface area contributed by atoms with E-state index in [2.05, 4.69) is 5.32 Å². The molecule has 4 aromatic rings. The zero-order valence-corrected chi connectivity index (χ0v) is 26.1. The van der Waals surface area contributed by atoms with Crippen LogP contribution in [0.3, 0.4) is 0 Å². The molecule has 0 radical (unpaired) electrons. The number of hydrogen-bond donors (Lipinski definition) is 1. The van der Waals surface area contributed by atoms with E-state index in [0.717, 1.165) is 21.0 Å². The molecule has 4 aromatic carbocycles. The Labute approximate surface area is 259 Å². The molecule has 7 nitrogen and oxygen atoms in total. The van der Waals surface area contributed by atoms with Gasteiger partial charge in [-0.25, -0.2) is 12.8 Å². The largest absolute Gasteiger partial charge is 0.354 e. The van der Waals surface area contributed by atoms with Gasteiger partial charge in [-0.1, -0.05) is 73.7 Å². The number of benzene rings is 4. The van der Waals surface area contributed by atoms with E-state index in [4.69, 9.17) is 0 Å². The molecule has 0 fully saturated rings. The van der Waals surface area contributed by atoms with Gasteiger partial charge in [-0.2, -0.15) is 0 Å². The van der Waals surface area contributed by atoms with Crippen molar-refractivity contribution in [1.29, 1.82) is 0 Å². The smallest absolute Gasteiger partial charge is 0.264 e. The highest BCUT2D eigenvalue weighted by molar-refractivity contribution is 7.92. The lowest BCUT2D eigenvalue weighted by Gasteiger charge is -2.34. The van der Waals surface area contributed by atoms with Crippen LogP contribution in [0.4, 0.5) is 10.1 Å². The predicted octanol–water partition coefficient (Wildman–Crippen LogP) is 5.80. The highest BCUT2D eigenvalue weighted by Gasteiger charge is 2.34. The maximum atomic E-state index is 14.4. The van der Waals surface area contributed by atoms with Crippen molar-refractivity contribution in [2.75, 3.05) is 17.4 Å². The molecule has 0 aliphatic rings. The van der Waals surface area contributed by atoms with Gasteiger partial charge in [0, 0.05) is 19.5 Å². The number of hydrogen-bond acceptors (Lipinski definition) is 4. The van der Waals surface area contributed by atoms with E-state index in [-0.39, 0.29) is 23.8 Å². The van der Waals surface area contributed by atoms with Crippen LogP contribution in [-0.2, 0) is 32.6 Å². The molecule has 0 saturated carbocycles. The molecule has 0 bridgehead atoms. The van der Waals surface area contributed by atoms with E-state index >= 15 is 0 Å². The Balaban J connectivity index is 1.81. The quantitative estimate of drug-likeness (QED) is 0.206. The molecule has 0 spiro atoms. The van der Waals surface area contributed by atoms with Gasteiger partial charge in [0.15, 0.2) is 0 Å². The maximum absolute atomic E-state index is 14.4. The molecular formula is C35H38FN3O4S. The fourth-order valence-corrected chi connectivity index (χ4v) is 6.47. The number of halogens is 1. The van der Waals surface area contributed by atoms with Crippen molar-refractivity contribution in [3.05, 3.63) is 131 Å². The summed E-state index contributed by atoms with van der Waals surface area (Å²) in [5.74, 6) is -1.35.